The summed E-state index contributed by atoms with van der Waals surface area (Å²) in [5.41, 5.74) is 6.15. The lowest BCUT2D eigenvalue weighted by Gasteiger charge is -2.38. The number of anilines is 3. The molecule has 148 valence electrons. The average molecular weight is 408 g/mol. The summed E-state index contributed by atoms with van der Waals surface area (Å²) in [6, 6.07) is 9.48. The van der Waals surface area contributed by atoms with Gasteiger partial charge in [0, 0.05) is 36.0 Å². The minimum atomic E-state index is -4.50. The molecule has 0 unspecified atom stereocenters. The Morgan fingerprint density at radius 3 is 2.71 bits per heavy atom. The van der Waals surface area contributed by atoms with Crippen LogP contribution in [0.15, 0.2) is 46.2 Å². The Hall–Kier alpha value is -2.23. The Kier molecular flexibility index (Phi) is 4.98. The minimum Gasteiger partial charge on any atom is -0.352 e. The van der Waals surface area contributed by atoms with E-state index in [2.05, 4.69) is 10.6 Å². The van der Waals surface area contributed by atoms with E-state index in [9.17, 15) is 18.0 Å². The molecule has 0 bridgehead atoms. The zero-order valence-corrected chi connectivity index (χ0v) is 15.7. The maximum absolute atomic E-state index is 13.4. The molecule has 1 amide bonds. The molecule has 1 fully saturated rings. The third-order valence-electron chi connectivity index (χ3n) is 4.83. The van der Waals surface area contributed by atoms with Gasteiger partial charge in [0.15, 0.2) is 0 Å². The number of hydrogen-bond acceptors (Lipinski definition) is 5. The van der Waals surface area contributed by atoms with Gasteiger partial charge in [0.05, 0.1) is 28.5 Å². The highest BCUT2D eigenvalue weighted by Gasteiger charge is 2.35. The Morgan fingerprint density at radius 2 is 2.00 bits per heavy atom. The lowest BCUT2D eigenvalue weighted by Crippen LogP contribution is -2.53. The lowest BCUT2D eigenvalue weighted by atomic mass is 9.99. The molecule has 0 spiro atoms. The number of alkyl halides is 3. The molecule has 5 nitrogen and oxygen atoms in total. The first-order valence-electron chi connectivity index (χ1n) is 8.87. The van der Waals surface area contributed by atoms with Gasteiger partial charge in [0.2, 0.25) is 5.91 Å². The van der Waals surface area contributed by atoms with Crippen LogP contribution < -0.4 is 16.4 Å². The Morgan fingerprint density at radius 1 is 1.25 bits per heavy atom. The minimum absolute atomic E-state index is 0.147. The van der Waals surface area contributed by atoms with Crippen LogP contribution in [-0.2, 0) is 11.0 Å². The maximum Gasteiger partial charge on any atom is 0.416 e. The molecular weight excluding hydrogens is 389 g/mol. The molecule has 0 saturated carbocycles. The van der Waals surface area contributed by atoms with Crippen LogP contribution in [0.1, 0.15) is 5.56 Å². The number of carbonyl (C=O) groups is 1. The second kappa shape index (κ2) is 7.31. The Labute approximate surface area is 164 Å². The van der Waals surface area contributed by atoms with E-state index < -0.39 is 11.7 Å². The van der Waals surface area contributed by atoms with Gasteiger partial charge in [-0.25, -0.2) is 0 Å². The number of benzene rings is 2. The van der Waals surface area contributed by atoms with E-state index in [0.29, 0.717) is 36.8 Å². The fraction of sp³-hybridized carbons (Fsp3) is 0.316. The third-order valence-corrected chi connectivity index (χ3v) is 5.95. The number of amides is 1. The molecule has 0 aromatic heterocycles. The van der Waals surface area contributed by atoms with E-state index in [0.717, 1.165) is 22.7 Å². The number of hydrogen-bond donors (Lipinski definition) is 3. The Balaban J connectivity index is 1.62. The molecule has 4 N–H and O–H groups in total. The van der Waals surface area contributed by atoms with Gasteiger partial charge in [-0.2, -0.15) is 13.2 Å². The largest absolute Gasteiger partial charge is 0.416 e. The molecule has 2 heterocycles. The second-order valence-corrected chi connectivity index (χ2v) is 7.94. The van der Waals surface area contributed by atoms with Crippen LogP contribution in [0.2, 0.25) is 0 Å². The second-order valence-electron chi connectivity index (χ2n) is 6.85. The first-order valence-corrected chi connectivity index (χ1v) is 9.69. The van der Waals surface area contributed by atoms with Gasteiger partial charge < -0.3 is 21.3 Å². The van der Waals surface area contributed by atoms with E-state index in [1.807, 2.05) is 29.2 Å². The lowest BCUT2D eigenvalue weighted by molar-refractivity contribution is -0.137. The fourth-order valence-corrected chi connectivity index (χ4v) is 4.40. The van der Waals surface area contributed by atoms with Gasteiger partial charge in [0.25, 0.3) is 0 Å². The van der Waals surface area contributed by atoms with Crippen LogP contribution in [0.4, 0.5) is 30.2 Å². The highest BCUT2D eigenvalue weighted by atomic mass is 32.2. The van der Waals surface area contributed by atoms with E-state index >= 15 is 0 Å². The summed E-state index contributed by atoms with van der Waals surface area (Å²) >= 11 is 1.25. The molecule has 0 aliphatic carbocycles. The normalized spacial score (nSPS) is 16.6. The molecule has 1 saturated heterocycles. The van der Waals surface area contributed by atoms with E-state index in [4.69, 9.17) is 5.73 Å². The van der Waals surface area contributed by atoms with Gasteiger partial charge in [0.1, 0.15) is 0 Å². The number of para-hydroxylation sites is 1. The van der Waals surface area contributed by atoms with Crippen LogP contribution in [0, 0.1) is 5.92 Å². The quantitative estimate of drug-likeness (QED) is 0.614. The van der Waals surface area contributed by atoms with E-state index in [1.165, 1.54) is 11.8 Å². The number of nitrogens with zero attached hydrogens (tertiary/aromatic N) is 1. The van der Waals surface area contributed by atoms with Crippen LogP contribution >= 0.6 is 11.8 Å². The summed E-state index contributed by atoms with van der Waals surface area (Å²) in [6.07, 6.45) is -4.50. The van der Waals surface area contributed by atoms with Crippen molar-refractivity contribution < 1.29 is 18.0 Å². The zero-order chi connectivity index (χ0) is 19.9. The van der Waals surface area contributed by atoms with Crippen molar-refractivity contribution >= 4 is 34.7 Å². The average Bonchev–Trinajstić information content (AvgIpc) is 2.61. The van der Waals surface area contributed by atoms with Gasteiger partial charge >= 0.3 is 6.18 Å². The molecule has 28 heavy (non-hydrogen) atoms. The van der Waals surface area contributed by atoms with Crippen molar-refractivity contribution in [3.8, 4) is 0 Å². The van der Waals surface area contributed by atoms with Crippen LogP contribution in [-0.4, -0.2) is 37.0 Å². The van der Waals surface area contributed by atoms with Crippen molar-refractivity contribution in [2.75, 3.05) is 36.8 Å². The van der Waals surface area contributed by atoms with Crippen molar-refractivity contribution in [1.82, 2.24) is 4.90 Å². The molecule has 0 atom stereocenters. The predicted molar refractivity (Wildman–Crippen MR) is 103 cm³/mol. The van der Waals surface area contributed by atoms with Gasteiger partial charge in [-0.05, 0) is 24.3 Å². The van der Waals surface area contributed by atoms with E-state index in [1.54, 1.807) is 0 Å². The number of nitrogens with one attached hydrogen (secondary N) is 2. The van der Waals surface area contributed by atoms with Crippen molar-refractivity contribution in [2.45, 2.75) is 16.0 Å². The smallest absolute Gasteiger partial charge is 0.352 e. The predicted octanol–water partition coefficient (Wildman–Crippen LogP) is 3.74. The zero-order valence-electron chi connectivity index (χ0n) is 14.8. The number of rotatable bonds is 4. The summed E-state index contributed by atoms with van der Waals surface area (Å²) in [6.45, 7) is 2.35. The van der Waals surface area contributed by atoms with Crippen molar-refractivity contribution in [3.05, 3.63) is 42.0 Å². The SMILES string of the molecule is NCCN1CC(C(=O)Nc2cc(C(F)(F)F)cc3c2Nc2ccccc2S3)C1. The first-order chi connectivity index (χ1) is 13.3. The van der Waals surface area contributed by atoms with Gasteiger partial charge in [-0.1, -0.05) is 23.9 Å². The number of nitrogens with two attached hydrogens (primary N) is 1. The molecule has 2 aromatic carbocycles. The number of halogens is 3. The summed E-state index contributed by atoms with van der Waals surface area (Å²) in [7, 11) is 0. The van der Waals surface area contributed by atoms with Crippen LogP contribution in [0.3, 0.4) is 0 Å². The van der Waals surface area contributed by atoms with Crippen LogP contribution in [0.5, 0.6) is 0 Å². The highest BCUT2D eigenvalue weighted by Crippen LogP contribution is 2.49. The summed E-state index contributed by atoms with van der Waals surface area (Å²) in [4.78, 5) is 15.9. The van der Waals surface area contributed by atoms with Gasteiger partial charge in [-0.3, -0.25) is 4.79 Å². The van der Waals surface area contributed by atoms with Crippen molar-refractivity contribution in [1.29, 1.82) is 0 Å². The fourth-order valence-electron chi connectivity index (χ4n) is 3.33. The highest BCUT2D eigenvalue weighted by molar-refractivity contribution is 7.99. The molecule has 2 aliphatic rings. The summed E-state index contributed by atoms with van der Waals surface area (Å²) in [5.74, 6) is -0.527. The maximum atomic E-state index is 13.4. The van der Waals surface area contributed by atoms with Crippen molar-refractivity contribution in [3.63, 3.8) is 0 Å². The number of carbonyl (C=O) groups excluding carboxylic acids is 1. The molecule has 0 radical (unpaired) electrons. The molecule has 2 aromatic rings. The molecular formula is C19H19F3N4OS. The molecule has 2 aliphatic heterocycles. The molecule has 9 heteroatoms. The van der Waals surface area contributed by atoms with Crippen molar-refractivity contribution in [2.24, 2.45) is 11.7 Å². The molecule has 4 rings (SSSR count). The Bertz CT molecular complexity index is 913. The van der Waals surface area contributed by atoms with Crippen LogP contribution in [0.25, 0.3) is 0 Å². The summed E-state index contributed by atoms with van der Waals surface area (Å²) in [5, 5.41) is 5.87. The topological polar surface area (TPSA) is 70.4 Å². The number of fused-ring (bicyclic) bond motifs is 2. The van der Waals surface area contributed by atoms with Gasteiger partial charge in [-0.15, -0.1) is 0 Å². The monoisotopic (exact) mass is 408 g/mol. The first kappa shape index (κ1) is 19.1. The third kappa shape index (κ3) is 3.69. The summed E-state index contributed by atoms with van der Waals surface area (Å²) < 4.78 is 40.1. The van der Waals surface area contributed by atoms with E-state index in [-0.39, 0.29) is 17.5 Å². The standard InChI is InChI=1S/C19H19F3N4OS/c20-19(21,22)12-7-14(25-18(27)11-9-26(10-11)6-5-23)17-16(8-12)28-15-4-2-1-3-13(15)24-17/h1-4,7-8,11,24H,5-6,9-10,23H2,(H,25,27). The number of likely N-dealkylation sites (tertiary alicyclic amines) is 1.